The number of hydrogen-bond acceptors (Lipinski definition) is 9. The molecule has 1 aliphatic heterocycles. The molecular formula is C15H22F6N10O8. The number of aliphatic carboxylic acids is 2. The Labute approximate surface area is 212 Å². The van der Waals surface area contributed by atoms with Crippen LogP contribution in [0.3, 0.4) is 0 Å². The summed E-state index contributed by atoms with van der Waals surface area (Å²) in [5.41, 5.74) is 20.6. The summed E-state index contributed by atoms with van der Waals surface area (Å²) in [6.07, 6.45) is -9.31. The molecule has 0 radical (unpaired) electrons. The fourth-order valence-electron chi connectivity index (χ4n) is 2.26. The van der Waals surface area contributed by atoms with E-state index in [9.17, 15) is 46.0 Å². The van der Waals surface area contributed by atoms with E-state index in [-0.39, 0.29) is 25.0 Å². The van der Waals surface area contributed by atoms with Crippen molar-refractivity contribution in [3.8, 4) is 0 Å². The summed E-state index contributed by atoms with van der Waals surface area (Å²) < 4.78 is 63.5. The van der Waals surface area contributed by atoms with Crippen molar-refractivity contribution in [1.29, 1.82) is 0 Å². The third-order valence-corrected chi connectivity index (χ3v) is 3.92. The highest BCUT2D eigenvalue weighted by molar-refractivity contribution is 5.89. The summed E-state index contributed by atoms with van der Waals surface area (Å²) >= 11 is 0. The lowest BCUT2D eigenvalue weighted by molar-refractivity contribution is -0.525. The molecular weight excluding hydrogens is 562 g/mol. The van der Waals surface area contributed by atoms with Gasteiger partial charge in [0, 0.05) is 18.0 Å². The number of nitro groups is 1. The maximum atomic E-state index is 12.1. The summed E-state index contributed by atoms with van der Waals surface area (Å²) in [4.78, 5) is 57.9. The quantitative estimate of drug-likeness (QED) is 0.0201. The van der Waals surface area contributed by atoms with Gasteiger partial charge in [-0.2, -0.15) is 26.3 Å². The topological polar surface area (TPSA) is 301 Å². The summed E-state index contributed by atoms with van der Waals surface area (Å²) in [5.74, 6) is -7.00. The summed E-state index contributed by atoms with van der Waals surface area (Å²) in [6.45, 7) is 0.494. The molecule has 2 amide bonds. The summed E-state index contributed by atoms with van der Waals surface area (Å²) in [7, 11) is 0. The van der Waals surface area contributed by atoms with Gasteiger partial charge in [0.15, 0.2) is 5.03 Å². The number of amides is 2. The van der Waals surface area contributed by atoms with E-state index in [1.165, 1.54) is 0 Å². The Hall–Kier alpha value is -4.60. The molecule has 0 aliphatic carbocycles. The Morgan fingerprint density at radius 3 is 2.00 bits per heavy atom. The highest BCUT2D eigenvalue weighted by Gasteiger charge is 2.39. The number of alkyl halides is 6. The number of carbonyl (C=O) groups excluding carboxylic acids is 2. The van der Waals surface area contributed by atoms with Crippen molar-refractivity contribution in [3.05, 3.63) is 20.6 Å². The molecule has 1 saturated heterocycles. The molecule has 18 nitrogen and oxygen atoms in total. The number of carbonyl (C=O) groups is 4. The molecule has 39 heavy (non-hydrogen) atoms. The Morgan fingerprint density at radius 1 is 1.13 bits per heavy atom. The predicted molar refractivity (Wildman–Crippen MR) is 114 cm³/mol. The average Bonchev–Trinajstić information content (AvgIpc) is 3.23. The van der Waals surface area contributed by atoms with Crippen LogP contribution in [0.4, 0.5) is 26.3 Å². The van der Waals surface area contributed by atoms with Gasteiger partial charge >= 0.3 is 24.3 Å². The van der Waals surface area contributed by atoms with E-state index in [4.69, 9.17) is 36.8 Å². The van der Waals surface area contributed by atoms with E-state index in [1.54, 1.807) is 5.43 Å². The molecule has 1 fully saturated rings. The normalized spacial score (nSPS) is 17.5. The third-order valence-electron chi connectivity index (χ3n) is 3.92. The molecule has 0 bridgehead atoms. The Bertz CT molecular complexity index is 930. The molecule has 0 spiro atoms. The van der Waals surface area contributed by atoms with Crippen LogP contribution in [-0.4, -0.2) is 88.5 Å². The molecule has 0 unspecified atom stereocenters. The lowest BCUT2D eigenvalue weighted by Crippen LogP contribution is -2.50. The Kier molecular flexibility index (Phi) is 15.9. The second-order valence-corrected chi connectivity index (χ2v) is 6.90. The van der Waals surface area contributed by atoms with Crippen LogP contribution in [-0.2, 0) is 19.2 Å². The van der Waals surface area contributed by atoms with Crippen molar-refractivity contribution >= 4 is 29.7 Å². The number of halogens is 6. The number of nitrogens with zero attached hydrogens (tertiary/aromatic N) is 5. The first-order valence-electron chi connectivity index (χ1n) is 9.90. The van der Waals surface area contributed by atoms with Gasteiger partial charge in [-0.15, -0.1) is 0 Å². The van der Waals surface area contributed by atoms with Crippen molar-refractivity contribution in [2.45, 2.75) is 49.7 Å². The molecule has 1 aliphatic rings. The minimum absolute atomic E-state index is 0.118. The molecule has 0 aromatic rings. The first kappa shape index (κ1) is 36.6. The van der Waals surface area contributed by atoms with Crippen molar-refractivity contribution in [2.75, 3.05) is 13.1 Å². The zero-order chi connectivity index (χ0) is 31.0. The van der Waals surface area contributed by atoms with E-state index in [1.807, 2.05) is 0 Å². The zero-order valence-corrected chi connectivity index (χ0v) is 19.3. The highest BCUT2D eigenvalue weighted by Crippen LogP contribution is 2.14. The standard InChI is InChI=1S/C11H20N10O4.2C2HF3O2/c12-9(22)7(2-1-3-15-11(13)19-21(24)25)17-10(23)8-4-6(5-16-8)18-20-14;2*3-2(4,5)1(6)7/h6-8,16H,1-5H2,(H2,12,22)(H,17,23)(H3,13,15,19);2*(H,6,7)/t6-,7-,8-;;/m1../s1. The number of guanidine groups is 1. The van der Waals surface area contributed by atoms with E-state index >= 15 is 0 Å². The van der Waals surface area contributed by atoms with E-state index < -0.39 is 53.2 Å². The number of primary amides is 1. The molecule has 1 heterocycles. The smallest absolute Gasteiger partial charge is 0.475 e. The van der Waals surface area contributed by atoms with Crippen LogP contribution in [0.5, 0.6) is 0 Å². The van der Waals surface area contributed by atoms with Crippen molar-refractivity contribution in [3.63, 3.8) is 0 Å². The molecule has 0 aromatic heterocycles. The highest BCUT2D eigenvalue weighted by atomic mass is 19.4. The Balaban J connectivity index is 0. The monoisotopic (exact) mass is 584 g/mol. The molecule has 222 valence electrons. The number of aliphatic imine (C=N–C) groups is 1. The van der Waals surface area contributed by atoms with Crippen LogP contribution in [0, 0.1) is 10.1 Å². The zero-order valence-electron chi connectivity index (χ0n) is 19.3. The van der Waals surface area contributed by atoms with Crippen LogP contribution in [0.15, 0.2) is 10.1 Å². The predicted octanol–water partition coefficient (Wildman–Crippen LogP) is -0.860. The molecule has 3 atom stereocenters. The van der Waals surface area contributed by atoms with E-state index in [2.05, 4.69) is 25.7 Å². The van der Waals surface area contributed by atoms with Crippen molar-refractivity contribution in [2.24, 2.45) is 21.6 Å². The van der Waals surface area contributed by atoms with Crippen molar-refractivity contribution in [1.82, 2.24) is 16.1 Å². The van der Waals surface area contributed by atoms with Gasteiger partial charge in [0.25, 0.3) is 5.96 Å². The fourth-order valence-corrected chi connectivity index (χ4v) is 2.26. The first-order chi connectivity index (χ1) is 17.7. The van der Waals surface area contributed by atoms with Gasteiger partial charge in [-0.05, 0) is 24.8 Å². The van der Waals surface area contributed by atoms with E-state index in [0.717, 1.165) is 0 Å². The number of carboxylic acids is 2. The second-order valence-electron chi connectivity index (χ2n) is 6.90. The van der Waals surface area contributed by atoms with E-state index in [0.29, 0.717) is 19.4 Å². The minimum Gasteiger partial charge on any atom is -0.475 e. The molecule has 0 saturated carbocycles. The summed E-state index contributed by atoms with van der Waals surface area (Å²) in [5, 5.41) is 32.5. The molecule has 1 rings (SSSR count). The van der Waals surface area contributed by atoms with Gasteiger partial charge in [-0.25, -0.2) is 24.7 Å². The minimum atomic E-state index is -5.08. The first-order valence-corrected chi connectivity index (χ1v) is 9.90. The number of hydrogen-bond donors (Lipinski definition) is 7. The lowest BCUT2D eigenvalue weighted by atomic mass is 10.1. The second kappa shape index (κ2) is 17.0. The third kappa shape index (κ3) is 18.3. The van der Waals surface area contributed by atoms with Gasteiger partial charge in [0.2, 0.25) is 11.8 Å². The fraction of sp³-hybridized carbons (Fsp3) is 0.667. The number of carboxylic acid groups (broad SMARTS) is 2. The number of rotatable bonds is 9. The SMILES string of the molecule is O=C(O)C(F)(F)F.O=C(O)C(F)(F)F.[N-]=[N+]=N[C@H]1CN[C@@H](C(=O)N[C@H](CCCN=C(N)N[N+](=O)[O-])C(N)=O)C1. The molecule has 9 N–H and O–H groups in total. The van der Waals surface area contributed by atoms with Gasteiger partial charge in [-0.3, -0.25) is 9.59 Å². The molecule has 24 heteroatoms. The van der Waals surface area contributed by atoms with Crippen LogP contribution in [0.25, 0.3) is 10.4 Å². The van der Waals surface area contributed by atoms with Crippen LogP contribution >= 0.6 is 0 Å². The van der Waals surface area contributed by atoms with Crippen LogP contribution < -0.4 is 27.5 Å². The number of hydrazine groups is 1. The van der Waals surface area contributed by atoms with Crippen molar-refractivity contribution < 1.29 is 60.8 Å². The maximum absolute atomic E-state index is 12.1. The maximum Gasteiger partial charge on any atom is 0.490 e. The van der Waals surface area contributed by atoms with Gasteiger partial charge in [0.1, 0.15) is 6.04 Å². The summed E-state index contributed by atoms with van der Waals surface area (Å²) in [6, 6.07) is -1.80. The number of nitrogens with two attached hydrogens (primary N) is 2. The van der Waals surface area contributed by atoms with Gasteiger partial charge in [0.05, 0.1) is 12.1 Å². The van der Waals surface area contributed by atoms with Crippen LogP contribution in [0.1, 0.15) is 19.3 Å². The van der Waals surface area contributed by atoms with Gasteiger partial charge < -0.3 is 32.3 Å². The molecule has 0 aromatic carbocycles. The largest absolute Gasteiger partial charge is 0.490 e. The number of nitrogens with one attached hydrogen (secondary N) is 3. The van der Waals surface area contributed by atoms with Crippen LogP contribution in [0.2, 0.25) is 0 Å². The van der Waals surface area contributed by atoms with Gasteiger partial charge in [-0.1, -0.05) is 10.5 Å². The Morgan fingerprint density at radius 2 is 1.62 bits per heavy atom. The average molecular weight is 584 g/mol. The number of azide groups is 1. The lowest BCUT2D eigenvalue weighted by Gasteiger charge is -2.18.